The Hall–Kier alpha value is -3.16. The maximum Gasteiger partial charge on any atom is 0.223 e. The Morgan fingerprint density at radius 2 is 2.14 bits per heavy atom. The van der Waals surface area contributed by atoms with E-state index >= 15 is 0 Å². The maximum absolute atomic E-state index is 12.8. The van der Waals surface area contributed by atoms with Gasteiger partial charge in [-0.05, 0) is 24.1 Å². The molecule has 1 amide bonds. The van der Waals surface area contributed by atoms with E-state index in [1.807, 2.05) is 52.5 Å². The van der Waals surface area contributed by atoms with Gasteiger partial charge in [-0.2, -0.15) is 5.10 Å². The average Bonchev–Trinajstić information content (AvgIpc) is 3.28. The minimum absolute atomic E-state index is 0.154. The second-order valence-corrected chi connectivity index (χ2v) is 7.08. The number of nitrogens with zero attached hydrogens (tertiary/aromatic N) is 6. The lowest BCUT2D eigenvalue weighted by molar-refractivity contribution is -0.132. The molecule has 0 radical (unpaired) electrons. The molecule has 28 heavy (non-hydrogen) atoms. The molecule has 0 unspecified atom stereocenters. The molecule has 4 rings (SSSR count). The van der Waals surface area contributed by atoms with E-state index < -0.39 is 0 Å². The van der Waals surface area contributed by atoms with Crippen LogP contribution >= 0.6 is 0 Å². The monoisotopic (exact) mass is 380 g/mol. The van der Waals surface area contributed by atoms with E-state index in [1.54, 1.807) is 13.4 Å². The first kappa shape index (κ1) is 18.2. The number of ether oxygens (including phenoxy) is 1. The zero-order valence-electron chi connectivity index (χ0n) is 16.4. The minimum Gasteiger partial charge on any atom is -0.497 e. The SMILES string of the molecule is COc1cccc(CCC(=O)N2CCc3c(c(-c4nncn4C)nn3C)C2)c1. The Morgan fingerprint density at radius 1 is 1.29 bits per heavy atom. The zero-order chi connectivity index (χ0) is 19.7. The third-order valence-corrected chi connectivity index (χ3v) is 5.28. The van der Waals surface area contributed by atoms with Gasteiger partial charge in [-0.3, -0.25) is 9.48 Å². The molecule has 0 fully saturated rings. The van der Waals surface area contributed by atoms with E-state index in [9.17, 15) is 4.79 Å². The van der Waals surface area contributed by atoms with Crippen LogP contribution in [0, 0.1) is 0 Å². The quantitative estimate of drug-likeness (QED) is 0.674. The van der Waals surface area contributed by atoms with Crippen LogP contribution in [0.1, 0.15) is 23.2 Å². The van der Waals surface area contributed by atoms with E-state index in [4.69, 9.17) is 4.74 Å². The molecule has 8 nitrogen and oxygen atoms in total. The average molecular weight is 380 g/mol. The predicted octanol–water partition coefficient (Wildman–Crippen LogP) is 1.74. The number of carbonyl (C=O) groups excluding carboxylic acids is 1. The maximum atomic E-state index is 12.8. The summed E-state index contributed by atoms with van der Waals surface area (Å²) in [5, 5.41) is 12.8. The summed E-state index contributed by atoms with van der Waals surface area (Å²) in [6.45, 7) is 1.27. The van der Waals surface area contributed by atoms with Crippen LogP contribution in [-0.4, -0.2) is 49.0 Å². The molecule has 0 saturated carbocycles. The number of hydrogen-bond donors (Lipinski definition) is 0. The summed E-state index contributed by atoms with van der Waals surface area (Å²) in [5.74, 6) is 1.69. The number of rotatable bonds is 5. The molecule has 0 saturated heterocycles. The van der Waals surface area contributed by atoms with Gasteiger partial charge < -0.3 is 14.2 Å². The lowest BCUT2D eigenvalue weighted by Crippen LogP contribution is -2.36. The van der Waals surface area contributed by atoms with Gasteiger partial charge in [0.2, 0.25) is 5.91 Å². The third kappa shape index (κ3) is 3.37. The minimum atomic E-state index is 0.154. The molecule has 3 aromatic rings. The number of aryl methyl sites for hydroxylation is 3. The molecular weight excluding hydrogens is 356 g/mol. The van der Waals surface area contributed by atoms with Gasteiger partial charge in [-0.15, -0.1) is 10.2 Å². The Kier molecular flexibility index (Phi) is 4.85. The second kappa shape index (κ2) is 7.46. The highest BCUT2D eigenvalue weighted by molar-refractivity contribution is 5.77. The Balaban J connectivity index is 1.49. The Bertz CT molecular complexity index is 1010. The van der Waals surface area contributed by atoms with Crippen LogP contribution in [0.15, 0.2) is 30.6 Å². The van der Waals surface area contributed by atoms with Gasteiger partial charge in [0.1, 0.15) is 17.8 Å². The molecule has 3 heterocycles. The van der Waals surface area contributed by atoms with Crippen molar-refractivity contribution in [2.45, 2.75) is 25.8 Å². The first-order valence-electron chi connectivity index (χ1n) is 9.36. The molecule has 0 N–H and O–H groups in total. The van der Waals surface area contributed by atoms with E-state index in [0.29, 0.717) is 25.9 Å². The van der Waals surface area contributed by atoms with Crippen molar-refractivity contribution >= 4 is 5.91 Å². The van der Waals surface area contributed by atoms with E-state index in [-0.39, 0.29) is 5.91 Å². The number of methoxy groups -OCH3 is 1. The highest BCUT2D eigenvalue weighted by Gasteiger charge is 2.28. The van der Waals surface area contributed by atoms with Crippen molar-refractivity contribution in [3.8, 4) is 17.3 Å². The summed E-state index contributed by atoms with van der Waals surface area (Å²) >= 11 is 0. The van der Waals surface area contributed by atoms with Crippen LogP contribution in [0.4, 0.5) is 0 Å². The lowest BCUT2D eigenvalue weighted by Gasteiger charge is -2.27. The van der Waals surface area contributed by atoms with Crippen LogP contribution in [0.3, 0.4) is 0 Å². The van der Waals surface area contributed by atoms with E-state index in [1.165, 1.54) is 0 Å². The van der Waals surface area contributed by atoms with Crippen LogP contribution in [-0.2, 0) is 38.3 Å². The van der Waals surface area contributed by atoms with Gasteiger partial charge in [0.15, 0.2) is 5.82 Å². The molecule has 2 aromatic heterocycles. The molecule has 0 bridgehead atoms. The fraction of sp³-hybridized carbons (Fsp3) is 0.400. The summed E-state index contributed by atoms with van der Waals surface area (Å²) in [6, 6.07) is 7.87. The molecular formula is C20H24N6O2. The number of carbonyl (C=O) groups is 1. The molecule has 8 heteroatoms. The van der Waals surface area contributed by atoms with Crippen molar-refractivity contribution < 1.29 is 9.53 Å². The fourth-order valence-corrected chi connectivity index (χ4v) is 3.72. The normalized spacial score (nSPS) is 13.5. The van der Waals surface area contributed by atoms with Crippen LogP contribution in [0.25, 0.3) is 11.5 Å². The number of fused-ring (bicyclic) bond motifs is 1. The van der Waals surface area contributed by atoms with E-state index in [0.717, 1.165) is 40.5 Å². The summed E-state index contributed by atoms with van der Waals surface area (Å²) in [7, 11) is 5.49. The standard InChI is InChI=1S/C20H24N6O2/c1-24-13-21-22-20(24)19-16-12-26(10-9-17(16)25(2)23-19)18(27)8-7-14-5-4-6-15(11-14)28-3/h4-6,11,13H,7-10,12H2,1-3H3. The number of benzene rings is 1. The van der Waals surface area contributed by atoms with Crippen molar-refractivity contribution in [2.24, 2.45) is 14.1 Å². The summed E-state index contributed by atoms with van der Waals surface area (Å²) in [4.78, 5) is 14.8. The molecule has 146 valence electrons. The zero-order valence-corrected chi connectivity index (χ0v) is 16.4. The summed E-state index contributed by atoms with van der Waals surface area (Å²) < 4.78 is 9.01. The molecule has 1 aliphatic heterocycles. The number of hydrogen-bond acceptors (Lipinski definition) is 5. The summed E-state index contributed by atoms with van der Waals surface area (Å²) in [5.41, 5.74) is 4.14. The smallest absolute Gasteiger partial charge is 0.223 e. The lowest BCUT2D eigenvalue weighted by atomic mass is 10.0. The van der Waals surface area contributed by atoms with Gasteiger partial charge in [0, 0.05) is 51.3 Å². The van der Waals surface area contributed by atoms with Crippen molar-refractivity contribution in [3.63, 3.8) is 0 Å². The van der Waals surface area contributed by atoms with Crippen molar-refractivity contribution in [2.75, 3.05) is 13.7 Å². The first-order chi connectivity index (χ1) is 13.6. The number of amides is 1. The summed E-state index contributed by atoms with van der Waals surface area (Å²) in [6.07, 6.45) is 3.63. The highest BCUT2D eigenvalue weighted by atomic mass is 16.5. The van der Waals surface area contributed by atoms with Crippen molar-refractivity contribution in [1.29, 1.82) is 0 Å². The first-order valence-corrected chi connectivity index (χ1v) is 9.36. The fourth-order valence-electron chi connectivity index (χ4n) is 3.72. The third-order valence-electron chi connectivity index (χ3n) is 5.28. The van der Waals surface area contributed by atoms with Gasteiger partial charge in [0.25, 0.3) is 0 Å². The molecule has 1 aliphatic rings. The Morgan fingerprint density at radius 3 is 2.89 bits per heavy atom. The highest BCUT2D eigenvalue weighted by Crippen LogP contribution is 2.28. The second-order valence-electron chi connectivity index (χ2n) is 7.08. The molecule has 0 aliphatic carbocycles. The van der Waals surface area contributed by atoms with Crippen LogP contribution < -0.4 is 4.74 Å². The van der Waals surface area contributed by atoms with Gasteiger partial charge in [-0.25, -0.2) is 0 Å². The van der Waals surface area contributed by atoms with Crippen molar-refractivity contribution in [3.05, 3.63) is 47.4 Å². The topological polar surface area (TPSA) is 78.1 Å². The number of aromatic nitrogens is 5. The Labute approximate surface area is 163 Å². The predicted molar refractivity (Wildman–Crippen MR) is 104 cm³/mol. The van der Waals surface area contributed by atoms with Gasteiger partial charge in [0.05, 0.1) is 7.11 Å². The van der Waals surface area contributed by atoms with Gasteiger partial charge >= 0.3 is 0 Å². The molecule has 0 spiro atoms. The molecule has 1 aromatic carbocycles. The van der Waals surface area contributed by atoms with E-state index in [2.05, 4.69) is 15.3 Å². The largest absolute Gasteiger partial charge is 0.497 e. The molecule has 0 atom stereocenters. The van der Waals surface area contributed by atoms with Crippen LogP contribution in [0.2, 0.25) is 0 Å². The van der Waals surface area contributed by atoms with Crippen molar-refractivity contribution in [1.82, 2.24) is 29.4 Å². The van der Waals surface area contributed by atoms with Crippen LogP contribution in [0.5, 0.6) is 5.75 Å². The van der Waals surface area contributed by atoms with Gasteiger partial charge in [-0.1, -0.05) is 12.1 Å².